The van der Waals surface area contributed by atoms with Gasteiger partial charge in [-0.2, -0.15) is 0 Å². The van der Waals surface area contributed by atoms with Gasteiger partial charge in [-0.25, -0.2) is 13.1 Å². The molecule has 18 heavy (non-hydrogen) atoms. The molecule has 0 bridgehead atoms. The summed E-state index contributed by atoms with van der Waals surface area (Å²) >= 11 is 0. The molecule has 1 heterocycles. The second kappa shape index (κ2) is 6.79. The van der Waals surface area contributed by atoms with Crippen LogP contribution in [0, 0.1) is 5.92 Å². The van der Waals surface area contributed by atoms with Gasteiger partial charge in [0.05, 0.1) is 5.69 Å². The average molecular weight is 273 g/mol. The fourth-order valence-corrected chi connectivity index (χ4v) is 2.48. The number of methoxy groups -OCH3 is 1. The van der Waals surface area contributed by atoms with E-state index >= 15 is 0 Å². The highest BCUT2D eigenvalue weighted by Crippen LogP contribution is 2.08. The number of pyridine rings is 1. The summed E-state index contributed by atoms with van der Waals surface area (Å²) < 4.78 is 31.3. The molecule has 1 aromatic heterocycles. The van der Waals surface area contributed by atoms with Gasteiger partial charge in [-0.3, -0.25) is 4.98 Å². The Bertz CT molecular complexity index is 459. The molecule has 0 aliphatic rings. The Morgan fingerprint density at radius 1 is 1.50 bits per heavy atom. The van der Waals surface area contributed by atoms with E-state index in [2.05, 4.69) is 9.71 Å². The standard InChI is InChI=1S/C11H19N3O3S/c1-9(8-17-2)6-14-18(15,16)11-4-3-10(5-12)13-7-11/h3-4,7,9,14H,5-6,8,12H2,1-2H3. The van der Waals surface area contributed by atoms with Gasteiger partial charge in [-0.1, -0.05) is 6.92 Å². The first-order chi connectivity index (χ1) is 8.49. The van der Waals surface area contributed by atoms with Crippen LogP contribution in [0.2, 0.25) is 0 Å². The normalized spacial score (nSPS) is 13.5. The van der Waals surface area contributed by atoms with E-state index in [1.807, 2.05) is 6.92 Å². The lowest BCUT2D eigenvalue weighted by Gasteiger charge is -2.11. The third-order valence-electron chi connectivity index (χ3n) is 2.39. The van der Waals surface area contributed by atoms with Crippen molar-refractivity contribution in [1.29, 1.82) is 0 Å². The number of hydrogen-bond donors (Lipinski definition) is 2. The number of nitrogens with zero attached hydrogens (tertiary/aromatic N) is 1. The molecule has 102 valence electrons. The van der Waals surface area contributed by atoms with Gasteiger partial charge >= 0.3 is 0 Å². The highest BCUT2D eigenvalue weighted by molar-refractivity contribution is 7.89. The van der Waals surface area contributed by atoms with Gasteiger partial charge in [0.15, 0.2) is 0 Å². The van der Waals surface area contributed by atoms with Crippen LogP contribution in [0.25, 0.3) is 0 Å². The van der Waals surface area contributed by atoms with Gasteiger partial charge in [-0.05, 0) is 18.1 Å². The van der Waals surface area contributed by atoms with E-state index in [0.717, 1.165) is 0 Å². The van der Waals surface area contributed by atoms with Crippen molar-refractivity contribution < 1.29 is 13.2 Å². The first-order valence-electron chi connectivity index (χ1n) is 5.63. The van der Waals surface area contributed by atoms with Gasteiger partial charge < -0.3 is 10.5 Å². The molecule has 1 atom stereocenters. The van der Waals surface area contributed by atoms with Gasteiger partial charge in [0.2, 0.25) is 10.0 Å². The summed E-state index contributed by atoms with van der Waals surface area (Å²) in [6.07, 6.45) is 1.31. The number of sulfonamides is 1. The Labute approximate surface area is 108 Å². The Kier molecular flexibility index (Phi) is 5.67. The van der Waals surface area contributed by atoms with Crippen molar-refractivity contribution in [2.45, 2.75) is 18.4 Å². The molecular weight excluding hydrogens is 254 g/mol. The van der Waals surface area contributed by atoms with E-state index in [4.69, 9.17) is 10.5 Å². The third-order valence-corrected chi connectivity index (χ3v) is 3.80. The van der Waals surface area contributed by atoms with Crippen LogP contribution in [0.3, 0.4) is 0 Å². The highest BCUT2D eigenvalue weighted by Gasteiger charge is 2.15. The fourth-order valence-electron chi connectivity index (χ4n) is 1.37. The zero-order valence-electron chi connectivity index (χ0n) is 10.6. The summed E-state index contributed by atoms with van der Waals surface area (Å²) in [6, 6.07) is 3.10. The largest absolute Gasteiger partial charge is 0.384 e. The lowest BCUT2D eigenvalue weighted by Crippen LogP contribution is -2.30. The molecule has 0 amide bonds. The molecule has 0 aromatic carbocycles. The van der Waals surface area contributed by atoms with Crippen molar-refractivity contribution in [3.63, 3.8) is 0 Å². The maximum atomic E-state index is 11.9. The van der Waals surface area contributed by atoms with Crippen LogP contribution < -0.4 is 10.5 Å². The monoisotopic (exact) mass is 273 g/mol. The minimum Gasteiger partial charge on any atom is -0.384 e. The van der Waals surface area contributed by atoms with Crippen molar-refractivity contribution in [1.82, 2.24) is 9.71 Å². The second-order valence-corrected chi connectivity index (χ2v) is 5.87. The topological polar surface area (TPSA) is 94.3 Å². The average Bonchev–Trinajstić information content (AvgIpc) is 2.37. The predicted octanol–water partition coefficient (Wildman–Crippen LogP) is 0.101. The molecule has 0 radical (unpaired) electrons. The minimum atomic E-state index is -3.51. The van der Waals surface area contributed by atoms with E-state index in [0.29, 0.717) is 25.4 Å². The summed E-state index contributed by atoms with van der Waals surface area (Å²) in [4.78, 5) is 4.10. The zero-order chi connectivity index (χ0) is 13.6. The zero-order valence-corrected chi connectivity index (χ0v) is 11.4. The molecule has 0 fully saturated rings. The number of aromatic nitrogens is 1. The van der Waals surface area contributed by atoms with E-state index < -0.39 is 10.0 Å². The highest BCUT2D eigenvalue weighted by atomic mass is 32.2. The second-order valence-electron chi connectivity index (χ2n) is 4.10. The predicted molar refractivity (Wildman–Crippen MR) is 68.4 cm³/mol. The fraction of sp³-hybridized carbons (Fsp3) is 0.545. The van der Waals surface area contributed by atoms with E-state index in [1.54, 1.807) is 13.2 Å². The maximum absolute atomic E-state index is 11.9. The summed E-state index contributed by atoms with van der Waals surface area (Å²) in [7, 11) is -1.92. The van der Waals surface area contributed by atoms with E-state index in [-0.39, 0.29) is 10.8 Å². The molecule has 1 unspecified atom stereocenters. The minimum absolute atomic E-state index is 0.112. The molecule has 3 N–H and O–H groups in total. The Hall–Kier alpha value is -1.02. The van der Waals surface area contributed by atoms with Crippen LogP contribution in [0.15, 0.2) is 23.2 Å². The lowest BCUT2D eigenvalue weighted by molar-refractivity contribution is 0.161. The van der Waals surface area contributed by atoms with Crippen molar-refractivity contribution in [2.24, 2.45) is 11.7 Å². The first kappa shape index (κ1) is 15.0. The first-order valence-corrected chi connectivity index (χ1v) is 7.11. The number of hydrogen-bond acceptors (Lipinski definition) is 5. The van der Waals surface area contributed by atoms with Crippen LogP contribution in [-0.2, 0) is 21.3 Å². The van der Waals surface area contributed by atoms with Gasteiger partial charge in [0, 0.05) is 33.0 Å². The van der Waals surface area contributed by atoms with Crippen LogP contribution in [0.1, 0.15) is 12.6 Å². The van der Waals surface area contributed by atoms with Crippen LogP contribution in [0.4, 0.5) is 0 Å². The molecule has 1 aromatic rings. The van der Waals surface area contributed by atoms with Gasteiger partial charge in [0.1, 0.15) is 4.90 Å². The Morgan fingerprint density at radius 3 is 2.72 bits per heavy atom. The van der Waals surface area contributed by atoms with Gasteiger partial charge in [0.25, 0.3) is 0 Å². The van der Waals surface area contributed by atoms with Gasteiger partial charge in [-0.15, -0.1) is 0 Å². The van der Waals surface area contributed by atoms with Crippen LogP contribution in [0.5, 0.6) is 0 Å². The summed E-state index contributed by atoms with van der Waals surface area (Å²) in [5.74, 6) is 0.112. The summed E-state index contributed by atoms with van der Waals surface area (Å²) in [6.45, 7) is 3.03. The number of nitrogens with one attached hydrogen (secondary N) is 1. The molecule has 0 aliphatic heterocycles. The van der Waals surface area contributed by atoms with Crippen molar-refractivity contribution in [3.8, 4) is 0 Å². The smallest absolute Gasteiger partial charge is 0.242 e. The summed E-state index contributed by atoms with van der Waals surface area (Å²) in [5.41, 5.74) is 6.05. The number of ether oxygens (including phenoxy) is 1. The Balaban J connectivity index is 2.67. The van der Waals surface area contributed by atoms with E-state index in [1.165, 1.54) is 12.3 Å². The molecule has 0 saturated heterocycles. The SMILES string of the molecule is COCC(C)CNS(=O)(=O)c1ccc(CN)nc1. The molecular formula is C11H19N3O3S. The molecule has 6 nitrogen and oxygen atoms in total. The van der Waals surface area contributed by atoms with Crippen molar-refractivity contribution in [2.75, 3.05) is 20.3 Å². The molecule has 0 saturated carbocycles. The maximum Gasteiger partial charge on any atom is 0.242 e. The van der Waals surface area contributed by atoms with Crippen LogP contribution in [-0.4, -0.2) is 33.7 Å². The molecule has 7 heteroatoms. The molecule has 1 rings (SSSR count). The third kappa shape index (κ3) is 4.34. The molecule has 0 aliphatic carbocycles. The number of nitrogens with two attached hydrogens (primary N) is 1. The summed E-state index contributed by atoms with van der Waals surface area (Å²) in [5, 5.41) is 0. The van der Waals surface area contributed by atoms with Crippen molar-refractivity contribution in [3.05, 3.63) is 24.0 Å². The lowest BCUT2D eigenvalue weighted by atomic mass is 10.2. The Morgan fingerprint density at radius 2 is 2.22 bits per heavy atom. The quantitative estimate of drug-likeness (QED) is 0.735. The number of rotatable bonds is 7. The van der Waals surface area contributed by atoms with Crippen LogP contribution >= 0.6 is 0 Å². The molecule has 0 spiro atoms. The van der Waals surface area contributed by atoms with E-state index in [9.17, 15) is 8.42 Å². The van der Waals surface area contributed by atoms with Crippen molar-refractivity contribution >= 4 is 10.0 Å².